The van der Waals surface area contributed by atoms with Crippen molar-refractivity contribution in [3.8, 4) is 11.5 Å². The number of halogens is 1. The molecule has 34 heavy (non-hydrogen) atoms. The Labute approximate surface area is 214 Å². The summed E-state index contributed by atoms with van der Waals surface area (Å²) in [6.45, 7) is 3.79. The third-order valence-corrected chi connectivity index (χ3v) is 7.95. The van der Waals surface area contributed by atoms with Crippen molar-refractivity contribution in [2.45, 2.75) is 25.2 Å². The number of hydrogen-bond acceptors (Lipinski definition) is 8. The molecular weight excluding hydrogens is 591 g/mol. The van der Waals surface area contributed by atoms with Gasteiger partial charge in [0.05, 0.1) is 16.3 Å². The predicted molar refractivity (Wildman–Crippen MR) is 140 cm³/mol. The Morgan fingerprint density at radius 1 is 1.24 bits per heavy atom. The third-order valence-electron chi connectivity index (χ3n) is 4.86. The van der Waals surface area contributed by atoms with E-state index in [2.05, 4.69) is 10.1 Å². The van der Waals surface area contributed by atoms with Gasteiger partial charge in [-0.25, -0.2) is 0 Å². The van der Waals surface area contributed by atoms with Crippen molar-refractivity contribution in [2.75, 3.05) is 7.11 Å². The molecule has 12 heteroatoms. The monoisotopic (exact) mass is 610 g/mol. The standard InChI is InChI=1S/C22H19IN4O5S2/c1-4-18-26-27-20(24)15(21(28)25-22(27)33-18)9-13-10-16(23)19(17(11-13)31-3)32-34(29,30)14-7-5-12(2)6-8-14/h5-11,24H,4H2,1-3H3/b15-9+,24-20?. The number of carbonyl (C=O) groups excluding carboxylic acids is 1. The lowest BCUT2D eigenvalue weighted by atomic mass is 10.1. The van der Waals surface area contributed by atoms with Gasteiger partial charge in [0.25, 0.3) is 5.91 Å². The molecule has 176 valence electrons. The number of carbonyl (C=O) groups is 1. The van der Waals surface area contributed by atoms with Gasteiger partial charge in [-0.15, -0.1) is 0 Å². The van der Waals surface area contributed by atoms with Gasteiger partial charge in [-0.3, -0.25) is 10.2 Å². The van der Waals surface area contributed by atoms with Gasteiger partial charge in [0.2, 0.25) is 5.17 Å². The Balaban J connectivity index is 1.68. The van der Waals surface area contributed by atoms with Crippen LogP contribution in [0.2, 0.25) is 0 Å². The fourth-order valence-corrected chi connectivity index (χ4v) is 5.77. The fraction of sp³-hybridized carbons (Fsp3) is 0.182. The molecule has 0 radical (unpaired) electrons. The van der Waals surface area contributed by atoms with Crippen molar-refractivity contribution in [3.05, 3.63) is 56.7 Å². The lowest BCUT2D eigenvalue weighted by Crippen LogP contribution is -2.35. The molecule has 0 fully saturated rings. The number of amides is 1. The highest BCUT2D eigenvalue weighted by atomic mass is 127. The predicted octanol–water partition coefficient (Wildman–Crippen LogP) is 4.41. The van der Waals surface area contributed by atoms with Crippen LogP contribution < -0.4 is 8.92 Å². The molecule has 1 N–H and O–H groups in total. The fourth-order valence-electron chi connectivity index (χ4n) is 3.11. The minimum atomic E-state index is -4.09. The smallest absolute Gasteiger partial charge is 0.339 e. The number of methoxy groups -OCH3 is 1. The zero-order valence-electron chi connectivity index (χ0n) is 18.3. The molecule has 0 saturated carbocycles. The molecule has 2 aromatic rings. The van der Waals surface area contributed by atoms with E-state index < -0.39 is 16.0 Å². The van der Waals surface area contributed by atoms with Crippen LogP contribution in [0.4, 0.5) is 0 Å². The molecule has 0 bridgehead atoms. The highest BCUT2D eigenvalue weighted by Crippen LogP contribution is 2.37. The number of ether oxygens (including phenoxy) is 1. The van der Waals surface area contributed by atoms with E-state index in [1.54, 1.807) is 18.2 Å². The van der Waals surface area contributed by atoms with Gasteiger partial charge in [0.1, 0.15) is 9.94 Å². The van der Waals surface area contributed by atoms with Crippen molar-refractivity contribution in [1.29, 1.82) is 5.41 Å². The average Bonchev–Trinajstić information content (AvgIpc) is 3.21. The number of fused-ring (bicyclic) bond motifs is 1. The topological polar surface area (TPSA) is 121 Å². The molecule has 2 aliphatic heterocycles. The van der Waals surface area contributed by atoms with Crippen LogP contribution >= 0.6 is 34.4 Å². The molecule has 0 spiro atoms. The Bertz CT molecular complexity index is 1400. The van der Waals surface area contributed by atoms with Crippen molar-refractivity contribution in [3.63, 3.8) is 0 Å². The second kappa shape index (κ2) is 9.50. The van der Waals surface area contributed by atoms with Crippen molar-refractivity contribution in [2.24, 2.45) is 10.1 Å². The number of hydrogen-bond donors (Lipinski definition) is 1. The first-order valence-corrected chi connectivity index (χ1v) is 13.3. The van der Waals surface area contributed by atoms with E-state index in [4.69, 9.17) is 14.3 Å². The van der Waals surface area contributed by atoms with Gasteiger partial charge < -0.3 is 8.92 Å². The molecule has 2 aliphatic rings. The number of nitrogens with zero attached hydrogens (tertiary/aromatic N) is 3. The molecule has 0 unspecified atom stereocenters. The lowest BCUT2D eigenvalue weighted by molar-refractivity contribution is -0.114. The van der Waals surface area contributed by atoms with Crippen LogP contribution in [0.25, 0.3) is 6.08 Å². The van der Waals surface area contributed by atoms with E-state index in [1.807, 2.05) is 36.4 Å². The average molecular weight is 610 g/mol. The molecule has 2 heterocycles. The molecule has 0 atom stereocenters. The van der Waals surface area contributed by atoms with Crippen LogP contribution in [-0.2, 0) is 14.9 Å². The molecule has 9 nitrogen and oxygen atoms in total. The Hall–Kier alpha value is -2.71. The lowest BCUT2D eigenvalue weighted by Gasteiger charge is -2.20. The quantitative estimate of drug-likeness (QED) is 0.292. The highest BCUT2D eigenvalue weighted by molar-refractivity contribution is 14.1. The summed E-state index contributed by atoms with van der Waals surface area (Å²) in [7, 11) is -2.70. The van der Waals surface area contributed by atoms with Crippen LogP contribution in [0.5, 0.6) is 11.5 Å². The van der Waals surface area contributed by atoms with Crippen LogP contribution in [0.3, 0.4) is 0 Å². The summed E-state index contributed by atoms with van der Waals surface area (Å²) in [6.07, 6.45) is 2.17. The first-order valence-electron chi connectivity index (χ1n) is 10.0. The van der Waals surface area contributed by atoms with E-state index in [0.717, 1.165) is 10.6 Å². The first kappa shape index (κ1) is 24.4. The molecule has 2 aromatic carbocycles. The van der Waals surface area contributed by atoms with Crippen molar-refractivity contribution in [1.82, 2.24) is 5.01 Å². The Morgan fingerprint density at radius 2 is 1.94 bits per heavy atom. The largest absolute Gasteiger partial charge is 0.493 e. The van der Waals surface area contributed by atoms with E-state index in [1.165, 1.54) is 48.2 Å². The van der Waals surface area contributed by atoms with Crippen LogP contribution in [0, 0.1) is 15.9 Å². The third kappa shape index (κ3) is 4.74. The summed E-state index contributed by atoms with van der Waals surface area (Å²) in [4.78, 5) is 16.7. The van der Waals surface area contributed by atoms with Gasteiger partial charge >= 0.3 is 10.1 Å². The number of amidine groups is 2. The summed E-state index contributed by atoms with van der Waals surface area (Å²) < 4.78 is 36.8. The number of benzene rings is 2. The van der Waals surface area contributed by atoms with Crippen molar-refractivity contribution < 1.29 is 22.1 Å². The normalized spacial score (nSPS) is 16.9. The second-order valence-corrected chi connectivity index (χ2v) is 11.0. The van der Waals surface area contributed by atoms with E-state index in [9.17, 15) is 13.2 Å². The molecular formula is C22H19IN4O5S2. The Morgan fingerprint density at radius 3 is 2.59 bits per heavy atom. The Kier molecular flexibility index (Phi) is 6.82. The van der Waals surface area contributed by atoms with Gasteiger partial charge in [-0.1, -0.05) is 24.6 Å². The van der Waals surface area contributed by atoms with Crippen LogP contribution in [0.1, 0.15) is 24.5 Å². The van der Waals surface area contributed by atoms with Crippen LogP contribution in [0.15, 0.2) is 57.0 Å². The molecule has 0 saturated heterocycles. The minimum Gasteiger partial charge on any atom is -0.493 e. The summed E-state index contributed by atoms with van der Waals surface area (Å²) in [5, 5.41) is 15.2. The zero-order valence-corrected chi connectivity index (χ0v) is 22.1. The molecule has 1 amide bonds. The minimum absolute atomic E-state index is 0.0209. The van der Waals surface area contributed by atoms with Gasteiger partial charge in [-0.05, 0) is 83.6 Å². The first-order chi connectivity index (χ1) is 16.1. The summed E-state index contributed by atoms with van der Waals surface area (Å²) >= 11 is 3.20. The summed E-state index contributed by atoms with van der Waals surface area (Å²) in [5.41, 5.74) is 1.50. The van der Waals surface area contributed by atoms with Gasteiger partial charge in [0, 0.05) is 0 Å². The summed E-state index contributed by atoms with van der Waals surface area (Å²) in [6, 6.07) is 9.49. The van der Waals surface area contributed by atoms with E-state index in [-0.39, 0.29) is 27.8 Å². The number of rotatable bonds is 6. The number of aliphatic imine (C=N–C) groups is 1. The number of thioether (sulfide) groups is 1. The number of aryl methyl sites for hydroxylation is 1. The highest BCUT2D eigenvalue weighted by Gasteiger charge is 2.35. The van der Waals surface area contributed by atoms with E-state index in [0.29, 0.717) is 20.7 Å². The zero-order chi connectivity index (χ0) is 24.6. The van der Waals surface area contributed by atoms with Gasteiger partial charge in [0.15, 0.2) is 17.3 Å². The van der Waals surface area contributed by atoms with Crippen molar-refractivity contribution >= 4 is 72.5 Å². The van der Waals surface area contributed by atoms with Gasteiger partial charge in [-0.2, -0.15) is 23.5 Å². The maximum atomic E-state index is 12.8. The maximum absolute atomic E-state index is 12.8. The SMILES string of the molecule is CCC1=NN2C(=N)/C(=C\c3cc(I)c(OS(=O)(=O)c4ccc(C)cc4)c(OC)c3)C(=O)N=C2S1. The number of nitrogens with one attached hydrogen (secondary N) is 1. The molecule has 0 aromatic heterocycles. The van der Waals surface area contributed by atoms with Crippen LogP contribution in [-0.4, -0.2) is 42.5 Å². The van der Waals surface area contributed by atoms with E-state index >= 15 is 0 Å². The molecule has 4 rings (SSSR count). The number of hydrazone groups is 1. The summed E-state index contributed by atoms with van der Waals surface area (Å²) in [5.74, 6) is -0.435. The molecule has 0 aliphatic carbocycles. The maximum Gasteiger partial charge on any atom is 0.339 e. The second-order valence-electron chi connectivity index (χ2n) is 7.25.